The van der Waals surface area contributed by atoms with Crippen LogP contribution in [0.1, 0.15) is 24.9 Å². The van der Waals surface area contributed by atoms with Gasteiger partial charge < -0.3 is 9.47 Å². The molecule has 0 bridgehead atoms. The molecular formula is C15H19NO5. The normalized spacial score (nSPS) is 20.0. The number of hydrogen-bond acceptors (Lipinski definition) is 6. The molecule has 1 aromatic rings. The van der Waals surface area contributed by atoms with Crippen molar-refractivity contribution in [1.82, 2.24) is 5.06 Å². The van der Waals surface area contributed by atoms with Gasteiger partial charge in [-0.15, -0.1) is 0 Å². The van der Waals surface area contributed by atoms with E-state index in [0.29, 0.717) is 13.0 Å². The van der Waals surface area contributed by atoms with Crippen molar-refractivity contribution in [1.29, 1.82) is 0 Å². The number of carbonyl (C=O) groups excluding carboxylic acids is 2. The number of benzene rings is 1. The van der Waals surface area contributed by atoms with Crippen LogP contribution in [0, 0.1) is 0 Å². The van der Waals surface area contributed by atoms with Gasteiger partial charge in [-0.05, 0) is 5.56 Å². The van der Waals surface area contributed by atoms with Gasteiger partial charge in [-0.3, -0.25) is 9.63 Å². The maximum absolute atomic E-state index is 11.5. The minimum Gasteiger partial charge on any atom is -0.467 e. The molecule has 1 heterocycles. The molecule has 2 atom stereocenters. The maximum Gasteiger partial charge on any atom is 0.337 e. The van der Waals surface area contributed by atoms with Gasteiger partial charge in [0.2, 0.25) is 0 Å². The zero-order chi connectivity index (χ0) is 15.2. The lowest BCUT2D eigenvalue weighted by Gasteiger charge is -2.26. The van der Waals surface area contributed by atoms with Crippen molar-refractivity contribution in [3.63, 3.8) is 0 Å². The number of hydrogen-bond donors (Lipinski definition) is 0. The molecule has 2 rings (SSSR count). The molecule has 0 unspecified atom stereocenters. The monoisotopic (exact) mass is 293 g/mol. The molecule has 114 valence electrons. The van der Waals surface area contributed by atoms with Crippen LogP contribution >= 0.6 is 0 Å². The van der Waals surface area contributed by atoms with Gasteiger partial charge in [0.15, 0.2) is 6.10 Å². The average Bonchev–Trinajstić information content (AvgIpc) is 2.97. The molecule has 0 aromatic heterocycles. The lowest BCUT2D eigenvalue weighted by atomic mass is 10.1. The number of esters is 2. The van der Waals surface area contributed by atoms with Crippen LogP contribution in [-0.2, 0) is 23.9 Å². The molecule has 0 amide bonds. The Morgan fingerprint density at radius 3 is 2.71 bits per heavy atom. The van der Waals surface area contributed by atoms with Crippen LogP contribution in [0.4, 0.5) is 0 Å². The number of nitrogens with zero attached hydrogens (tertiary/aromatic N) is 1. The molecule has 1 saturated heterocycles. The number of hydroxylamine groups is 2. The molecule has 6 heteroatoms. The van der Waals surface area contributed by atoms with Gasteiger partial charge in [0.1, 0.15) is 6.61 Å². The molecule has 1 aliphatic heterocycles. The molecule has 21 heavy (non-hydrogen) atoms. The fourth-order valence-electron chi connectivity index (χ4n) is 2.25. The number of carbonyl (C=O) groups is 2. The minimum absolute atomic E-state index is 0.174. The predicted molar refractivity (Wildman–Crippen MR) is 74.0 cm³/mol. The number of ether oxygens (including phenoxy) is 2. The Morgan fingerprint density at radius 1 is 1.38 bits per heavy atom. The molecule has 0 aliphatic carbocycles. The standard InChI is InChI=1S/C15H19NO5/c1-11(17)20-10-13(12-6-4-3-5-7-12)16-9-8-14(21-16)15(18)19-2/h3-7,13-14H,8-10H2,1-2H3/t13-,14-/m0/s1. The second-order valence-electron chi connectivity index (χ2n) is 4.78. The van der Waals surface area contributed by atoms with Crippen molar-refractivity contribution >= 4 is 11.9 Å². The Bertz CT molecular complexity index is 490. The second kappa shape index (κ2) is 7.19. The van der Waals surface area contributed by atoms with E-state index >= 15 is 0 Å². The second-order valence-corrected chi connectivity index (χ2v) is 4.78. The van der Waals surface area contributed by atoms with Gasteiger partial charge in [0.25, 0.3) is 0 Å². The Morgan fingerprint density at radius 2 is 2.10 bits per heavy atom. The summed E-state index contributed by atoms with van der Waals surface area (Å²) in [4.78, 5) is 28.2. The summed E-state index contributed by atoms with van der Waals surface area (Å²) in [6.07, 6.45) is -0.0469. The van der Waals surface area contributed by atoms with E-state index in [2.05, 4.69) is 0 Å². The molecule has 1 aliphatic rings. The summed E-state index contributed by atoms with van der Waals surface area (Å²) in [6, 6.07) is 9.35. The molecule has 6 nitrogen and oxygen atoms in total. The largest absolute Gasteiger partial charge is 0.467 e. The molecule has 0 N–H and O–H groups in total. The third kappa shape index (κ3) is 4.03. The highest BCUT2D eigenvalue weighted by Crippen LogP contribution is 2.27. The summed E-state index contributed by atoms with van der Waals surface area (Å²) >= 11 is 0. The Kier molecular flexibility index (Phi) is 5.30. The molecular weight excluding hydrogens is 274 g/mol. The van der Waals surface area contributed by atoms with Gasteiger partial charge in [-0.25, -0.2) is 4.79 Å². The summed E-state index contributed by atoms with van der Waals surface area (Å²) in [5.74, 6) is -0.739. The number of rotatable bonds is 5. The lowest BCUT2D eigenvalue weighted by Crippen LogP contribution is -2.31. The molecule has 0 saturated carbocycles. The first-order valence-electron chi connectivity index (χ1n) is 6.81. The lowest BCUT2D eigenvalue weighted by molar-refractivity contribution is -0.201. The fourth-order valence-corrected chi connectivity index (χ4v) is 2.25. The molecule has 0 spiro atoms. The number of methoxy groups -OCH3 is 1. The van der Waals surface area contributed by atoms with Crippen LogP contribution in [0.2, 0.25) is 0 Å². The van der Waals surface area contributed by atoms with Crippen molar-refractivity contribution in [3.05, 3.63) is 35.9 Å². The van der Waals surface area contributed by atoms with Crippen LogP contribution in [0.15, 0.2) is 30.3 Å². The van der Waals surface area contributed by atoms with E-state index in [1.165, 1.54) is 14.0 Å². The van der Waals surface area contributed by atoms with E-state index in [-0.39, 0.29) is 18.6 Å². The minimum atomic E-state index is -0.599. The zero-order valence-electron chi connectivity index (χ0n) is 12.2. The first-order chi connectivity index (χ1) is 10.1. The molecule has 1 fully saturated rings. The SMILES string of the molecule is COC(=O)[C@@H]1CCN([C@@H](COC(C)=O)c2ccccc2)O1. The van der Waals surface area contributed by atoms with Crippen molar-refractivity contribution in [3.8, 4) is 0 Å². The highest BCUT2D eigenvalue weighted by atomic mass is 16.7. The predicted octanol–water partition coefficient (Wildman–Crippen LogP) is 1.47. The van der Waals surface area contributed by atoms with Crippen LogP contribution in [0.5, 0.6) is 0 Å². The van der Waals surface area contributed by atoms with Gasteiger partial charge in [0, 0.05) is 19.9 Å². The highest BCUT2D eigenvalue weighted by Gasteiger charge is 2.35. The van der Waals surface area contributed by atoms with Gasteiger partial charge >= 0.3 is 11.9 Å². The van der Waals surface area contributed by atoms with Crippen LogP contribution in [0.3, 0.4) is 0 Å². The van der Waals surface area contributed by atoms with Gasteiger partial charge in [-0.1, -0.05) is 30.3 Å². The smallest absolute Gasteiger partial charge is 0.337 e. The van der Waals surface area contributed by atoms with Crippen LogP contribution in [0.25, 0.3) is 0 Å². The van der Waals surface area contributed by atoms with E-state index in [0.717, 1.165) is 5.56 Å². The zero-order valence-corrected chi connectivity index (χ0v) is 12.2. The summed E-state index contributed by atoms with van der Waals surface area (Å²) in [6.45, 7) is 2.11. The first-order valence-corrected chi connectivity index (χ1v) is 6.81. The van der Waals surface area contributed by atoms with E-state index in [1.807, 2.05) is 30.3 Å². The fraction of sp³-hybridized carbons (Fsp3) is 0.467. The Labute approximate surface area is 123 Å². The topological polar surface area (TPSA) is 65.1 Å². The Balaban J connectivity index is 2.09. The maximum atomic E-state index is 11.5. The van der Waals surface area contributed by atoms with Gasteiger partial charge in [0.05, 0.1) is 13.2 Å². The van der Waals surface area contributed by atoms with Crippen LogP contribution in [-0.4, -0.2) is 43.4 Å². The third-order valence-corrected chi connectivity index (χ3v) is 3.31. The quantitative estimate of drug-likeness (QED) is 0.766. The van der Waals surface area contributed by atoms with E-state index in [9.17, 15) is 9.59 Å². The summed E-state index contributed by atoms with van der Waals surface area (Å²) in [7, 11) is 1.34. The molecule has 0 radical (unpaired) electrons. The third-order valence-electron chi connectivity index (χ3n) is 3.31. The van der Waals surface area contributed by atoms with Crippen LogP contribution < -0.4 is 0 Å². The highest BCUT2D eigenvalue weighted by molar-refractivity contribution is 5.74. The first kappa shape index (κ1) is 15.5. The van der Waals surface area contributed by atoms with Crippen molar-refractivity contribution in [2.24, 2.45) is 0 Å². The average molecular weight is 293 g/mol. The van der Waals surface area contributed by atoms with E-state index in [4.69, 9.17) is 14.3 Å². The van der Waals surface area contributed by atoms with Gasteiger partial charge in [-0.2, -0.15) is 5.06 Å². The molecule has 1 aromatic carbocycles. The van der Waals surface area contributed by atoms with E-state index < -0.39 is 12.1 Å². The van der Waals surface area contributed by atoms with Crippen molar-refractivity contribution in [2.75, 3.05) is 20.3 Å². The van der Waals surface area contributed by atoms with E-state index in [1.54, 1.807) is 5.06 Å². The summed E-state index contributed by atoms with van der Waals surface area (Å²) < 4.78 is 9.81. The summed E-state index contributed by atoms with van der Waals surface area (Å²) in [5.41, 5.74) is 0.962. The van der Waals surface area contributed by atoms with Crippen molar-refractivity contribution in [2.45, 2.75) is 25.5 Å². The summed E-state index contributed by atoms with van der Waals surface area (Å²) in [5, 5.41) is 1.68. The Hall–Kier alpha value is -1.92. The van der Waals surface area contributed by atoms with Crippen molar-refractivity contribution < 1.29 is 23.9 Å².